The first kappa shape index (κ1) is 21.7. The van der Waals surface area contributed by atoms with E-state index in [-0.39, 0.29) is 29.8 Å². The zero-order chi connectivity index (χ0) is 23.1. The Labute approximate surface area is 192 Å². The van der Waals surface area contributed by atoms with E-state index >= 15 is 0 Å². The van der Waals surface area contributed by atoms with Gasteiger partial charge >= 0.3 is 6.09 Å². The number of hydrogen-bond acceptors (Lipinski definition) is 5. The maximum absolute atomic E-state index is 12.5. The van der Waals surface area contributed by atoms with E-state index in [4.69, 9.17) is 9.72 Å². The van der Waals surface area contributed by atoms with Crippen LogP contribution in [0, 0.1) is 0 Å². The molecule has 3 atom stereocenters. The summed E-state index contributed by atoms with van der Waals surface area (Å²) in [4.78, 5) is 31.7. The second kappa shape index (κ2) is 8.67. The summed E-state index contributed by atoms with van der Waals surface area (Å²) in [6.07, 6.45) is 6.12. The number of nitrogens with zero attached hydrogens (tertiary/aromatic N) is 4. The van der Waals surface area contributed by atoms with Crippen LogP contribution in [0.3, 0.4) is 0 Å². The van der Waals surface area contributed by atoms with Crippen molar-refractivity contribution in [2.24, 2.45) is 0 Å². The lowest BCUT2D eigenvalue weighted by molar-refractivity contribution is 0.104. The summed E-state index contributed by atoms with van der Waals surface area (Å²) in [5.41, 5.74) is 3.66. The molecule has 0 spiro atoms. The van der Waals surface area contributed by atoms with E-state index in [9.17, 15) is 14.7 Å². The number of aromatic nitrogens is 3. The predicted molar refractivity (Wildman–Crippen MR) is 126 cm³/mol. The summed E-state index contributed by atoms with van der Waals surface area (Å²) in [7, 11) is 1.40. The molecule has 1 saturated carbocycles. The molecule has 3 heterocycles. The number of benzene rings is 1. The van der Waals surface area contributed by atoms with Gasteiger partial charge in [-0.1, -0.05) is 6.07 Å². The topological polar surface area (TPSA) is 89.6 Å². The van der Waals surface area contributed by atoms with E-state index in [1.54, 1.807) is 27.8 Å². The van der Waals surface area contributed by atoms with E-state index < -0.39 is 0 Å². The number of anilines is 1. The first-order valence-electron chi connectivity index (χ1n) is 11.7. The van der Waals surface area contributed by atoms with Gasteiger partial charge in [0.1, 0.15) is 5.82 Å². The molecule has 2 aromatic heterocycles. The van der Waals surface area contributed by atoms with Gasteiger partial charge in [-0.05, 0) is 63.6 Å². The second-order valence-electron chi connectivity index (χ2n) is 9.20. The highest BCUT2D eigenvalue weighted by Crippen LogP contribution is 2.39. The van der Waals surface area contributed by atoms with E-state index in [1.165, 1.54) is 7.11 Å². The monoisotopic (exact) mass is 450 g/mol. The van der Waals surface area contributed by atoms with Crippen LogP contribution in [0.2, 0.25) is 0 Å². The maximum Gasteiger partial charge on any atom is 0.414 e. The van der Waals surface area contributed by atoms with Crippen LogP contribution >= 0.6 is 0 Å². The van der Waals surface area contributed by atoms with Crippen LogP contribution < -0.4 is 10.5 Å². The van der Waals surface area contributed by atoms with Gasteiger partial charge in [0.05, 0.1) is 36.5 Å². The molecule has 1 amide bonds. The molecule has 1 aliphatic carbocycles. The van der Waals surface area contributed by atoms with Crippen LogP contribution in [0.4, 0.5) is 10.5 Å². The Bertz CT molecular complexity index is 1250. The molecule has 1 fully saturated rings. The lowest BCUT2D eigenvalue weighted by atomic mass is 9.92. The van der Waals surface area contributed by atoms with Gasteiger partial charge in [0.15, 0.2) is 0 Å². The van der Waals surface area contributed by atoms with Gasteiger partial charge in [-0.3, -0.25) is 9.69 Å². The average Bonchev–Trinajstić information content (AvgIpc) is 3.18. The predicted octanol–water partition coefficient (Wildman–Crippen LogP) is 3.63. The molecule has 33 heavy (non-hydrogen) atoms. The Hall–Kier alpha value is -3.13. The minimum absolute atomic E-state index is 0.0420. The highest BCUT2D eigenvalue weighted by Gasteiger charge is 2.33. The van der Waals surface area contributed by atoms with Crippen molar-refractivity contribution in [2.75, 3.05) is 12.0 Å². The SMILES string of the molecule is COC(=O)N1c2ccc3c(nc(Cn4ccccc4=O)n3[C@H]3CCC[C@@H](O)C3)c2CC[C@@H]1C. The van der Waals surface area contributed by atoms with Crippen molar-refractivity contribution in [2.45, 2.75) is 70.2 Å². The van der Waals surface area contributed by atoms with Crippen molar-refractivity contribution in [3.63, 3.8) is 0 Å². The van der Waals surface area contributed by atoms with Gasteiger partial charge < -0.3 is 19.0 Å². The van der Waals surface area contributed by atoms with Crippen LogP contribution in [-0.2, 0) is 17.7 Å². The summed E-state index contributed by atoms with van der Waals surface area (Å²) in [6.45, 7) is 2.38. The summed E-state index contributed by atoms with van der Waals surface area (Å²) < 4.78 is 8.93. The summed E-state index contributed by atoms with van der Waals surface area (Å²) >= 11 is 0. The molecule has 1 aromatic carbocycles. The fraction of sp³-hybridized carbons (Fsp3) is 0.480. The number of amides is 1. The van der Waals surface area contributed by atoms with Gasteiger partial charge in [-0.15, -0.1) is 0 Å². The number of carbonyl (C=O) groups is 1. The number of carbonyl (C=O) groups excluding carboxylic acids is 1. The van der Waals surface area contributed by atoms with Crippen molar-refractivity contribution >= 4 is 22.8 Å². The Kier molecular flexibility index (Phi) is 5.70. The highest BCUT2D eigenvalue weighted by molar-refractivity contribution is 5.95. The third-order valence-corrected chi connectivity index (χ3v) is 7.09. The first-order chi connectivity index (χ1) is 16.0. The number of imidazole rings is 1. The molecule has 174 valence electrons. The molecule has 8 nitrogen and oxygen atoms in total. The minimum atomic E-state index is -0.367. The van der Waals surface area contributed by atoms with Gasteiger partial charge in [-0.2, -0.15) is 0 Å². The molecule has 0 saturated heterocycles. The molecule has 8 heteroatoms. The number of ether oxygens (including phenoxy) is 1. The third kappa shape index (κ3) is 3.82. The van der Waals surface area contributed by atoms with Crippen LogP contribution in [0.25, 0.3) is 11.0 Å². The van der Waals surface area contributed by atoms with Crippen LogP contribution in [0.15, 0.2) is 41.3 Å². The quantitative estimate of drug-likeness (QED) is 0.658. The zero-order valence-corrected chi connectivity index (χ0v) is 19.1. The van der Waals surface area contributed by atoms with E-state index in [2.05, 4.69) is 4.57 Å². The fourth-order valence-corrected chi connectivity index (χ4v) is 5.46. The number of aryl methyl sites for hydroxylation is 1. The molecule has 0 radical (unpaired) electrons. The molecule has 3 aromatic rings. The third-order valence-electron chi connectivity index (χ3n) is 7.09. The summed E-state index contributed by atoms with van der Waals surface area (Å²) in [5, 5.41) is 10.4. The molecule has 1 aliphatic heterocycles. The van der Waals surface area contributed by atoms with Crippen molar-refractivity contribution in [3.05, 3.63) is 58.3 Å². The van der Waals surface area contributed by atoms with Gasteiger partial charge in [0.2, 0.25) is 0 Å². The number of methoxy groups -OCH3 is 1. The highest BCUT2D eigenvalue weighted by atomic mass is 16.5. The lowest BCUT2D eigenvalue weighted by Crippen LogP contribution is -2.42. The smallest absolute Gasteiger partial charge is 0.414 e. The Morgan fingerprint density at radius 1 is 1.21 bits per heavy atom. The van der Waals surface area contributed by atoms with Crippen LogP contribution in [-0.4, -0.2) is 44.6 Å². The molecule has 1 N–H and O–H groups in total. The fourth-order valence-electron chi connectivity index (χ4n) is 5.46. The van der Waals surface area contributed by atoms with Crippen molar-refractivity contribution in [1.29, 1.82) is 0 Å². The maximum atomic E-state index is 12.5. The van der Waals surface area contributed by atoms with Gasteiger partial charge in [-0.25, -0.2) is 9.78 Å². The summed E-state index contributed by atoms with van der Waals surface area (Å²) in [5.74, 6) is 0.800. The van der Waals surface area contributed by atoms with Crippen molar-refractivity contribution in [1.82, 2.24) is 14.1 Å². The van der Waals surface area contributed by atoms with Crippen molar-refractivity contribution < 1.29 is 14.6 Å². The normalized spacial score (nSPS) is 22.9. The van der Waals surface area contributed by atoms with Gasteiger partial charge in [0.25, 0.3) is 5.56 Å². The van der Waals surface area contributed by atoms with E-state index in [1.807, 2.05) is 25.1 Å². The van der Waals surface area contributed by atoms with Crippen LogP contribution in [0.1, 0.15) is 56.5 Å². The molecule has 0 bridgehead atoms. The van der Waals surface area contributed by atoms with Crippen LogP contribution in [0.5, 0.6) is 0 Å². The number of fused-ring (bicyclic) bond motifs is 3. The molecular weight excluding hydrogens is 420 g/mol. The Morgan fingerprint density at radius 3 is 2.82 bits per heavy atom. The van der Waals surface area contributed by atoms with Crippen molar-refractivity contribution in [3.8, 4) is 0 Å². The summed E-state index contributed by atoms with van der Waals surface area (Å²) in [6, 6.07) is 9.29. The minimum Gasteiger partial charge on any atom is -0.452 e. The standard InChI is InChI=1S/C25H30N4O4/c1-16-9-10-19-20(28(16)25(32)33-2)11-12-21-24(19)26-22(15-27-13-4-3-8-23(27)31)29(21)17-6-5-7-18(30)14-17/h3-4,8,11-13,16-18,30H,5-7,9-10,14-15H2,1-2H3/t16-,17-,18+/m0/s1. The lowest BCUT2D eigenvalue weighted by Gasteiger charge is -2.34. The largest absolute Gasteiger partial charge is 0.452 e. The molecule has 5 rings (SSSR count). The number of hydrogen-bond donors (Lipinski definition) is 1. The van der Waals surface area contributed by atoms with E-state index in [0.29, 0.717) is 13.0 Å². The number of aliphatic hydroxyl groups excluding tert-OH is 1. The van der Waals surface area contributed by atoms with E-state index in [0.717, 1.165) is 60.2 Å². The second-order valence-corrected chi connectivity index (χ2v) is 9.20. The molecule has 0 unspecified atom stereocenters. The average molecular weight is 451 g/mol. The molecule has 2 aliphatic rings. The Balaban J connectivity index is 1.68. The Morgan fingerprint density at radius 2 is 2.06 bits per heavy atom. The molecular formula is C25H30N4O4. The number of rotatable bonds is 3. The number of aliphatic hydroxyl groups is 1. The zero-order valence-electron chi connectivity index (χ0n) is 19.1. The van der Waals surface area contributed by atoms with Gasteiger partial charge in [0, 0.05) is 29.9 Å². The number of pyridine rings is 1. The first-order valence-corrected chi connectivity index (χ1v) is 11.7.